The van der Waals surface area contributed by atoms with Gasteiger partial charge in [0.1, 0.15) is 6.33 Å². The molecule has 22 heavy (non-hydrogen) atoms. The molecule has 0 aliphatic rings. The van der Waals surface area contributed by atoms with E-state index in [1.807, 2.05) is 13.8 Å². The number of allylic oxidation sites excluding steroid dienone is 2. The van der Waals surface area contributed by atoms with E-state index < -0.39 is 5.95 Å². The van der Waals surface area contributed by atoms with Crippen molar-refractivity contribution >= 4 is 17.4 Å². The van der Waals surface area contributed by atoms with Crippen molar-refractivity contribution in [1.29, 1.82) is 0 Å². The van der Waals surface area contributed by atoms with E-state index in [0.29, 0.717) is 11.1 Å². The number of aromatic nitrogens is 3. The quantitative estimate of drug-likeness (QED) is 0.482. The molecule has 0 radical (unpaired) electrons. The van der Waals surface area contributed by atoms with E-state index in [2.05, 4.69) is 21.9 Å². The third-order valence-corrected chi connectivity index (χ3v) is 3.55. The summed E-state index contributed by atoms with van der Waals surface area (Å²) in [6, 6.07) is 2.89. The molecule has 2 rings (SSSR count). The predicted molar refractivity (Wildman–Crippen MR) is 83.5 cm³/mol. The summed E-state index contributed by atoms with van der Waals surface area (Å²) >= 11 is 0. The molecule has 5 heteroatoms. The van der Waals surface area contributed by atoms with Crippen LogP contribution < -0.4 is 0 Å². The minimum atomic E-state index is -0.546. The lowest BCUT2D eigenvalue weighted by Gasteiger charge is -2.13. The maximum Gasteiger partial charge on any atom is 0.212 e. The lowest BCUT2D eigenvalue weighted by atomic mass is 9.94. The number of carbonyl (C=O) groups excluding carboxylic acids is 1. The van der Waals surface area contributed by atoms with Crippen molar-refractivity contribution in [2.45, 2.75) is 33.6 Å². The van der Waals surface area contributed by atoms with Crippen molar-refractivity contribution in [1.82, 2.24) is 15.0 Å². The summed E-state index contributed by atoms with van der Waals surface area (Å²) in [5, 5.41) is 0. The summed E-state index contributed by atoms with van der Waals surface area (Å²) in [6.07, 6.45) is 5.44. The molecule has 0 amide bonds. The van der Waals surface area contributed by atoms with E-state index in [4.69, 9.17) is 0 Å². The number of pyridine rings is 1. The molecular formula is C17H18FN3O. The molecule has 114 valence electrons. The molecule has 0 fully saturated rings. The van der Waals surface area contributed by atoms with Gasteiger partial charge in [-0.15, -0.1) is 0 Å². The molecule has 2 aromatic heterocycles. The summed E-state index contributed by atoms with van der Waals surface area (Å²) in [6.45, 7) is 5.74. The zero-order valence-corrected chi connectivity index (χ0v) is 12.9. The fourth-order valence-electron chi connectivity index (χ4n) is 2.39. The summed E-state index contributed by atoms with van der Waals surface area (Å²) < 4.78 is 13.0. The zero-order valence-electron chi connectivity index (χ0n) is 12.9. The number of carbonyl (C=O) groups is 1. The maximum atomic E-state index is 13.0. The van der Waals surface area contributed by atoms with Gasteiger partial charge in [-0.3, -0.25) is 4.79 Å². The molecule has 0 aromatic carbocycles. The van der Waals surface area contributed by atoms with Crippen LogP contribution in [0.5, 0.6) is 0 Å². The first-order chi connectivity index (χ1) is 10.6. The minimum Gasteiger partial charge on any atom is -0.298 e. The Morgan fingerprint density at radius 1 is 1.27 bits per heavy atom. The summed E-state index contributed by atoms with van der Waals surface area (Å²) in [5.41, 5.74) is 4.34. The number of nitrogens with zero attached hydrogens (tertiary/aromatic N) is 3. The van der Waals surface area contributed by atoms with Gasteiger partial charge in [-0.1, -0.05) is 13.3 Å². The third kappa shape index (κ3) is 3.24. The molecule has 0 atom stereocenters. The first kappa shape index (κ1) is 15.9. The Bertz CT molecular complexity index is 708. The highest BCUT2D eigenvalue weighted by Gasteiger charge is 2.16. The van der Waals surface area contributed by atoms with Crippen molar-refractivity contribution in [2.24, 2.45) is 0 Å². The van der Waals surface area contributed by atoms with Gasteiger partial charge in [-0.25, -0.2) is 15.0 Å². The maximum absolute atomic E-state index is 13.0. The molecule has 0 unspecified atom stereocenters. The summed E-state index contributed by atoms with van der Waals surface area (Å²) in [7, 11) is 0. The second-order valence-electron chi connectivity index (χ2n) is 5.06. The number of hydrogen-bond donors (Lipinski definition) is 0. The van der Waals surface area contributed by atoms with Crippen molar-refractivity contribution < 1.29 is 9.18 Å². The van der Waals surface area contributed by atoms with E-state index in [1.165, 1.54) is 18.6 Å². The molecule has 4 nitrogen and oxygen atoms in total. The number of halogens is 1. The molecule has 0 aliphatic heterocycles. The van der Waals surface area contributed by atoms with Crippen LogP contribution in [0.4, 0.5) is 4.39 Å². The molecule has 0 bridgehead atoms. The second kappa shape index (κ2) is 7.02. The van der Waals surface area contributed by atoms with Crippen LogP contribution in [-0.4, -0.2) is 21.2 Å². The lowest BCUT2D eigenvalue weighted by molar-refractivity contribution is -0.103. The number of hydrogen-bond acceptors (Lipinski definition) is 4. The van der Waals surface area contributed by atoms with E-state index >= 15 is 0 Å². The van der Waals surface area contributed by atoms with Gasteiger partial charge < -0.3 is 0 Å². The highest BCUT2D eigenvalue weighted by atomic mass is 19.1. The predicted octanol–water partition coefficient (Wildman–Crippen LogP) is 3.40. The minimum absolute atomic E-state index is 0.523. The van der Waals surface area contributed by atoms with E-state index in [0.717, 1.165) is 41.7 Å². The third-order valence-electron chi connectivity index (χ3n) is 3.55. The fraction of sp³-hybridized carbons (Fsp3) is 0.294. The zero-order chi connectivity index (χ0) is 16.1. The topological polar surface area (TPSA) is 55.7 Å². The van der Waals surface area contributed by atoms with Crippen LogP contribution in [0.3, 0.4) is 0 Å². The normalized spacial score (nSPS) is 12.0. The molecule has 0 saturated heterocycles. The standard InChI is InChI=1S/C17H18FN3O/c1-4-5-15-17(12(3)20-10-21-15)14(9-22)11(2)13-6-7-16(18)19-8-13/h6-10H,4-5H2,1-3H3/b14-11+. The Labute approximate surface area is 129 Å². The Kier molecular flexibility index (Phi) is 5.09. The lowest BCUT2D eigenvalue weighted by Crippen LogP contribution is -2.05. The van der Waals surface area contributed by atoms with Gasteiger partial charge in [0.25, 0.3) is 0 Å². The van der Waals surface area contributed by atoms with Crippen molar-refractivity contribution in [3.05, 3.63) is 53.1 Å². The number of aldehydes is 1. The van der Waals surface area contributed by atoms with Crippen LogP contribution in [0.15, 0.2) is 24.7 Å². The van der Waals surface area contributed by atoms with Gasteiger partial charge in [0.15, 0.2) is 6.29 Å². The second-order valence-corrected chi connectivity index (χ2v) is 5.06. The van der Waals surface area contributed by atoms with Crippen LogP contribution in [0, 0.1) is 12.9 Å². The van der Waals surface area contributed by atoms with Crippen LogP contribution in [0.2, 0.25) is 0 Å². The van der Waals surface area contributed by atoms with Crippen molar-refractivity contribution in [3.63, 3.8) is 0 Å². The van der Waals surface area contributed by atoms with E-state index in [9.17, 15) is 9.18 Å². The first-order valence-corrected chi connectivity index (χ1v) is 7.17. The SMILES string of the molecule is CCCc1ncnc(C)c1/C(C=O)=C(\C)c1ccc(F)nc1. The van der Waals surface area contributed by atoms with Gasteiger partial charge in [-0.05, 0) is 43.5 Å². The van der Waals surface area contributed by atoms with Gasteiger partial charge >= 0.3 is 0 Å². The number of aryl methyl sites for hydroxylation is 2. The largest absolute Gasteiger partial charge is 0.298 e. The van der Waals surface area contributed by atoms with Crippen LogP contribution in [0.1, 0.15) is 42.8 Å². The van der Waals surface area contributed by atoms with E-state index in [-0.39, 0.29) is 0 Å². The van der Waals surface area contributed by atoms with Gasteiger partial charge in [0.05, 0.1) is 5.69 Å². The average molecular weight is 299 g/mol. The summed E-state index contributed by atoms with van der Waals surface area (Å²) in [4.78, 5) is 23.8. The van der Waals surface area contributed by atoms with Crippen LogP contribution >= 0.6 is 0 Å². The molecule has 0 N–H and O–H groups in total. The smallest absolute Gasteiger partial charge is 0.212 e. The van der Waals surface area contributed by atoms with Gasteiger partial charge in [-0.2, -0.15) is 4.39 Å². The highest BCUT2D eigenvalue weighted by molar-refractivity contribution is 6.17. The Morgan fingerprint density at radius 2 is 2.05 bits per heavy atom. The molecule has 0 spiro atoms. The van der Waals surface area contributed by atoms with Crippen LogP contribution in [-0.2, 0) is 11.2 Å². The average Bonchev–Trinajstić information content (AvgIpc) is 2.51. The molecule has 2 heterocycles. The molecular weight excluding hydrogens is 281 g/mol. The van der Waals surface area contributed by atoms with Gasteiger partial charge in [0.2, 0.25) is 5.95 Å². The molecule has 0 saturated carbocycles. The summed E-state index contributed by atoms with van der Waals surface area (Å²) in [5.74, 6) is -0.546. The fourth-order valence-corrected chi connectivity index (χ4v) is 2.39. The highest BCUT2D eigenvalue weighted by Crippen LogP contribution is 2.28. The van der Waals surface area contributed by atoms with E-state index in [1.54, 1.807) is 6.07 Å². The molecule has 2 aromatic rings. The van der Waals surface area contributed by atoms with Crippen molar-refractivity contribution in [2.75, 3.05) is 0 Å². The Hall–Kier alpha value is -2.43. The van der Waals surface area contributed by atoms with Crippen LogP contribution in [0.25, 0.3) is 11.1 Å². The van der Waals surface area contributed by atoms with Gasteiger partial charge in [0, 0.05) is 23.0 Å². The Morgan fingerprint density at radius 3 is 2.64 bits per heavy atom. The number of rotatable bonds is 5. The first-order valence-electron chi connectivity index (χ1n) is 7.17. The monoisotopic (exact) mass is 299 g/mol. The Balaban J connectivity index is 2.63. The molecule has 0 aliphatic carbocycles. The van der Waals surface area contributed by atoms with Crippen molar-refractivity contribution in [3.8, 4) is 0 Å².